The van der Waals surface area contributed by atoms with E-state index in [1.54, 1.807) is 0 Å². The van der Waals surface area contributed by atoms with Crippen molar-refractivity contribution in [3.63, 3.8) is 0 Å². The van der Waals surface area contributed by atoms with Gasteiger partial charge in [0, 0.05) is 26.1 Å². The zero-order valence-corrected chi connectivity index (χ0v) is 14.6. The number of nitrogens with one attached hydrogen (secondary N) is 1. The first kappa shape index (κ1) is 18.4. The number of ether oxygens (including phenoxy) is 3. The normalized spacial score (nSPS) is 33.3. The molecule has 7 heteroatoms. The first-order valence-corrected chi connectivity index (χ1v) is 8.35. The number of likely N-dealkylation sites (N-methyl/N-ethyl adjacent to an activating group) is 1. The van der Waals surface area contributed by atoms with Crippen molar-refractivity contribution in [1.82, 2.24) is 10.2 Å². The van der Waals surface area contributed by atoms with Crippen LogP contribution in [0.15, 0.2) is 0 Å². The van der Waals surface area contributed by atoms with Crippen molar-refractivity contribution in [1.29, 1.82) is 0 Å². The Hall–Kier alpha value is -0.890. The SMILES string of the molecule is CN1C[C@@H](CNC(=O)OC(C)(C)C)O[C@@H](C2(O)CCCCO2)C1. The van der Waals surface area contributed by atoms with Gasteiger partial charge in [-0.25, -0.2) is 4.79 Å². The van der Waals surface area contributed by atoms with E-state index in [2.05, 4.69) is 10.2 Å². The number of carbonyl (C=O) groups excluding carboxylic acids is 1. The fourth-order valence-corrected chi connectivity index (χ4v) is 2.95. The van der Waals surface area contributed by atoms with E-state index in [1.165, 1.54) is 0 Å². The zero-order chi connectivity index (χ0) is 17.1. The minimum atomic E-state index is -1.23. The van der Waals surface area contributed by atoms with E-state index in [0.717, 1.165) is 12.8 Å². The Kier molecular flexibility index (Phi) is 5.89. The maximum Gasteiger partial charge on any atom is 0.407 e. The molecule has 7 nitrogen and oxygen atoms in total. The molecule has 0 saturated carbocycles. The molecule has 0 bridgehead atoms. The lowest BCUT2D eigenvalue weighted by Crippen LogP contribution is -2.60. The lowest BCUT2D eigenvalue weighted by atomic mass is 9.98. The molecule has 2 aliphatic heterocycles. The van der Waals surface area contributed by atoms with Crippen LogP contribution in [0.3, 0.4) is 0 Å². The summed E-state index contributed by atoms with van der Waals surface area (Å²) in [7, 11) is 1.97. The van der Waals surface area contributed by atoms with E-state index in [0.29, 0.717) is 32.7 Å². The average molecular weight is 330 g/mol. The molecule has 1 amide bonds. The molecule has 0 spiro atoms. The third kappa shape index (κ3) is 5.60. The summed E-state index contributed by atoms with van der Waals surface area (Å²) in [5.74, 6) is -1.23. The molecule has 2 saturated heterocycles. The number of alkyl carbamates (subject to hydrolysis) is 1. The molecule has 2 aliphatic rings. The standard InChI is InChI=1S/C16H30N2O5/c1-15(2,3)23-14(19)17-9-12-10-18(4)11-13(22-12)16(20)7-5-6-8-21-16/h12-13,20H,5-11H2,1-4H3,(H,17,19)/t12-,13-,16?/m1/s1. The Bertz CT molecular complexity index is 404. The predicted molar refractivity (Wildman–Crippen MR) is 85.1 cm³/mol. The third-order valence-corrected chi connectivity index (χ3v) is 4.01. The highest BCUT2D eigenvalue weighted by Gasteiger charge is 2.44. The van der Waals surface area contributed by atoms with Gasteiger partial charge < -0.3 is 29.5 Å². The number of amides is 1. The minimum absolute atomic E-state index is 0.208. The van der Waals surface area contributed by atoms with Crippen molar-refractivity contribution in [3.05, 3.63) is 0 Å². The average Bonchev–Trinajstić information content (AvgIpc) is 2.44. The molecule has 2 heterocycles. The summed E-state index contributed by atoms with van der Waals surface area (Å²) in [6.07, 6.45) is 1.40. The van der Waals surface area contributed by atoms with Crippen LogP contribution in [0.5, 0.6) is 0 Å². The van der Waals surface area contributed by atoms with E-state index < -0.39 is 23.6 Å². The molecular weight excluding hydrogens is 300 g/mol. The number of nitrogens with zero attached hydrogens (tertiary/aromatic N) is 1. The summed E-state index contributed by atoms with van der Waals surface area (Å²) in [4.78, 5) is 13.8. The molecule has 3 atom stereocenters. The molecule has 2 fully saturated rings. The molecule has 0 aliphatic carbocycles. The molecule has 134 valence electrons. The van der Waals surface area contributed by atoms with Crippen LogP contribution in [0, 0.1) is 0 Å². The number of aliphatic hydroxyl groups is 1. The van der Waals surface area contributed by atoms with Gasteiger partial charge in [-0.3, -0.25) is 0 Å². The number of carbonyl (C=O) groups is 1. The fourth-order valence-electron chi connectivity index (χ4n) is 2.95. The lowest BCUT2D eigenvalue weighted by Gasteiger charge is -2.45. The summed E-state index contributed by atoms with van der Waals surface area (Å²) in [6.45, 7) is 7.66. The Balaban J connectivity index is 1.86. The van der Waals surface area contributed by atoms with Crippen LogP contribution in [0.4, 0.5) is 4.79 Å². The van der Waals surface area contributed by atoms with E-state index in [1.807, 2.05) is 27.8 Å². The molecule has 1 unspecified atom stereocenters. The molecule has 0 radical (unpaired) electrons. The van der Waals surface area contributed by atoms with Crippen molar-refractivity contribution in [2.75, 3.05) is 33.3 Å². The van der Waals surface area contributed by atoms with E-state index in [4.69, 9.17) is 14.2 Å². The van der Waals surface area contributed by atoms with Crippen LogP contribution in [-0.2, 0) is 14.2 Å². The zero-order valence-electron chi connectivity index (χ0n) is 14.6. The Labute approximate surface area is 138 Å². The summed E-state index contributed by atoms with van der Waals surface area (Å²) in [6, 6.07) is 0. The van der Waals surface area contributed by atoms with Gasteiger partial charge in [0.05, 0.1) is 12.7 Å². The van der Waals surface area contributed by atoms with Crippen molar-refractivity contribution in [2.24, 2.45) is 0 Å². The fraction of sp³-hybridized carbons (Fsp3) is 0.938. The Morgan fingerprint density at radius 3 is 2.74 bits per heavy atom. The largest absolute Gasteiger partial charge is 0.444 e. The molecule has 23 heavy (non-hydrogen) atoms. The molecule has 0 aromatic carbocycles. The van der Waals surface area contributed by atoms with Crippen molar-refractivity contribution >= 4 is 6.09 Å². The number of rotatable bonds is 3. The Morgan fingerprint density at radius 2 is 2.13 bits per heavy atom. The molecular formula is C16H30N2O5. The monoisotopic (exact) mass is 330 g/mol. The number of morpholine rings is 1. The van der Waals surface area contributed by atoms with Crippen molar-refractivity contribution < 1.29 is 24.1 Å². The van der Waals surface area contributed by atoms with E-state index in [-0.39, 0.29) is 6.10 Å². The second-order valence-electron chi connectivity index (χ2n) is 7.50. The first-order valence-electron chi connectivity index (χ1n) is 8.35. The van der Waals surface area contributed by atoms with Gasteiger partial charge in [0.15, 0.2) is 5.79 Å². The van der Waals surface area contributed by atoms with Gasteiger partial charge in [0.2, 0.25) is 0 Å². The van der Waals surface area contributed by atoms with E-state index >= 15 is 0 Å². The topological polar surface area (TPSA) is 80.3 Å². The minimum Gasteiger partial charge on any atom is -0.444 e. The number of hydrogen-bond acceptors (Lipinski definition) is 6. The van der Waals surface area contributed by atoms with Crippen LogP contribution in [0.25, 0.3) is 0 Å². The highest BCUT2D eigenvalue weighted by atomic mass is 16.7. The van der Waals surface area contributed by atoms with Crippen LogP contribution in [0.1, 0.15) is 40.0 Å². The lowest BCUT2D eigenvalue weighted by molar-refractivity contribution is -0.301. The maximum absolute atomic E-state index is 11.8. The molecule has 2 N–H and O–H groups in total. The summed E-state index contributed by atoms with van der Waals surface area (Å²) >= 11 is 0. The highest BCUT2D eigenvalue weighted by molar-refractivity contribution is 5.67. The van der Waals surface area contributed by atoms with E-state index in [9.17, 15) is 9.90 Å². The van der Waals surface area contributed by atoms with Crippen LogP contribution in [-0.4, -0.2) is 73.0 Å². The van der Waals surface area contributed by atoms with Crippen LogP contribution < -0.4 is 5.32 Å². The second kappa shape index (κ2) is 7.34. The van der Waals surface area contributed by atoms with Gasteiger partial charge in [0.25, 0.3) is 0 Å². The van der Waals surface area contributed by atoms with Crippen LogP contribution in [0.2, 0.25) is 0 Å². The van der Waals surface area contributed by atoms with Crippen molar-refractivity contribution in [3.8, 4) is 0 Å². The van der Waals surface area contributed by atoms with Gasteiger partial charge >= 0.3 is 6.09 Å². The quantitative estimate of drug-likeness (QED) is 0.807. The van der Waals surface area contributed by atoms with Crippen molar-refractivity contribution in [2.45, 2.75) is 63.6 Å². The predicted octanol–water partition coefficient (Wildman–Crippen LogP) is 1.10. The molecule has 0 aromatic rings. The summed E-state index contributed by atoms with van der Waals surface area (Å²) in [5.41, 5.74) is -0.526. The second-order valence-corrected chi connectivity index (χ2v) is 7.50. The summed E-state index contributed by atoms with van der Waals surface area (Å²) < 4.78 is 16.8. The maximum atomic E-state index is 11.8. The summed E-state index contributed by atoms with van der Waals surface area (Å²) in [5, 5.41) is 13.4. The van der Waals surface area contributed by atoms with Gasteiger partial charge in [-0.05, 0) is 40.7 Å². The van der Waals surface area contributed by atoms with Crippen LogP contribution >= 0.6 is 0 Å². The number of hydrogen-bond donors (Lipinski definition) is 2. The molecule has 2 rings (SSSR count). The highest BCUT2D eigenvalue weighted by Crippen LogP contribution is 2.30. The van der Waals surface area contributed by atoms with Gasteiger partial charge in [-0.2, -0.15) is 0 Å². The van der Waals surface area contributed by atoms with Gasteiger partial charge in [0.1, 0.15) is 11.7 Å². The first-order chi connectivity index (χ1) is 10.7. The molecule has 0 aromatic heterocycles. The smallest absolute Gasteiger partial charge is 0.407 e. The third-order valence-electron chi connectivity index (χ3n) is 4.01. The van der Waals surface area contributed by atoms with Gasteiger partial charge in [-0.15, -0.1) is 0 Å². The van der Waals surface area contributed by atoms with Gasteiger partial charge in [-0.1, -0.05) is 0 Å². The Morgan fingerprint density at radius 1 is 1.39 bits per heavy atom.